The summed E-state index contributed by atoms with van der Waals surface area (Å²) in [5.74, 6) is 0.0754. The first-order chi connectivity index (χ1) is 10.1. The van der Waals surface area contributed by atoms with Crippen molar-refractivity contribution in [1.82, 2.24) is 10.2 Å². The summed E-state index contributed by atoms with van der Waals surface area (Å²) in [5.41, 5.74) is 6.12. The number of nitrogens with zero attached hydrogens (tertiary/aromatic N) is 1. The van der Waals surface area contributed by atoms with E-state index in [1.54, 1.807) is 7.11 Å². The van der Waals surface area contributed by atoms with E-state index in [2.05, 4.69) is 17.1 Å². The summed E-state index contributed by atoms with van der Waals surface area (Å²) in [6, 6.07) is 0.0474. The molecule has 124 valence electrons. The lowest BCUT2D eigenvalue weighted by Crippen LogP contribution is -2.58. The number of nitrogens with one attached hydrogen (secondary N) is 1. The summed E-state index contributed by atoms with van der Waals surface area (Å²) in [6.07, 6.45) is 7.01. The van der Waals surface area contributed by atoms with Crippen LogP contribution in [0, 0.1) is 0 Å². The predicted octanol–water partition coefficient (Wildman–Crippen LogP) is 1.51. The third kappa shape index (κ3) is 5.57. The molecule has 0 aliphatic heterocycles. The van der Waals surface area contributed by atoms with E-state index in [4.69, 9.17) is 10.5 Å². The Balaban J connectivity index is 2.64. The van der Waals surface area contributed by atoms with Crippen molar-refractivity contribution < 1.29 is 9.53 Å². The number of methoxy groups -OCH3 is 1. The van der Waals surface area contributed by atoms with Gasteiger partial charge in [-0.1, -0.05) is 26.2 Å². The molecule has 1 rings (SSSR count). The molecule has 5 heteroatoms. The van der Waals surface area contributed by atoms with Gasteiger partial charge >= 0.3 is 0 Å². The average Bonchev–Trinajstić information content (AvgIpc) is 2.47. The van der Waals surface area contributed by atoms with Gasteiger partial charge in [0.05, 0.1) is 13.2 Å². The second kappa shape index (κ2) is 9.38. The quantitative estimate of drug-likeness (QED) is 0.677. The summed E-state index contributed by atoms with van der Waals surface area (Å²) in [6.45, 7) is 6.69. The van der Waals surface area contributed by atoms with Crippen molar-refractivity contribution in [3.8, 4) is 0 Å². The minimum absolute atomic E-state index is 0.0239. The predicted molar refractivity (Wildman–Crippen MR) is 86.2 cm³/mol. The summed E-state index contributed by atoms with van der Waals surface area (Å²) < 4.78 is 5.07. The Kier molecular flexibility index (Phi) is 8.22. The van der Waals surface area contributed by atoms with E-state index in [9.17, 15) is 4.79 Å². The summed E-state index contributed by atoms with van der Waals surface area (Å²) in [7, 11) is 1.65. The summed E-state index contributed by atoms with van der Waals surface area (Å²) in [4.78, 5) is 14.6. The van der Waals surface area contributed by atoms with E-state index in [0.29, 0.717) is 19.7 Å². The highest BCUT2D eigenvalue weighted by Gasteiger charge is 2.37. The highest BCUT2D eigenvalue weighted by molar-refractivity contribution is 5.78. The molecule has 0 saturated heterocycles. The maximum absolute atomic E-state index is 12.3. The molecular weight excluding hydrogens is 266 g/mol. The van der Waals surface area contributed by atoms with Gasteiger partial charge in [-0.2, -0.15) is 0 Å². The topological polar surface area (TPSA) is 67.6 Å². The smallest absolute Gasteiger partial charge is 0.234 e. The van der Waals surface area contributed by atoms with Crippen LogP contribution >= 0.6 is 0 Å². The Morgan fingerprint density at radius 1 is 1.38 bits per heavy atom. The van der Waals surface area contributed by atoms with Crippen molar-refractivity contribution in [2.45, 2.75) is 64.0 Å². The molecule has 0 spiro atoms. The highest BCUT2D eigenvalue weighted by Crippen LogP contribution is 2.32. The Morgan fingerprint density at radius 3 is 2.57 bits per heavy atom. The maximum atomic E-state index is 12.3. The first-order valence-electron chi connectivity index (χ1n) is 8.31. The molecule has 1 amide bonds. The number of nitrogens with two attached hydrogens (primary N) is 1. The molecule has 21 heavy (non-hydrogen) atoms. The second-order valence-corrected chi connectivity index (χ2v) is 6.33. The minimum Gasteiger partial charge on any atom is -0.383 e. The largest absolute Gasteiger partial charge is 0.383 e. The van der Waals surface area contributed by atoms with Gasteiger partial charge in [-0.25, -0.2) is 0 Å². The molecule has 0 aromatic heterocycles. The first-order valence-corrected chi connectivity index (χ1v) is 8.31. The first kappa shape index (κ1) is 18.4. The molecule has 1 unspecified atom stereocenters. The van der Waals surface area contributed by atoms with Crippen LogP contribution in [-0.4, -0.2) is 55.7 Å². The zero-order valence-electron chi connectivity index (χ0n) is 14.0. The fraction of sp³-hybridized carbons (Fsp3) is 0.938. The van der Waals surface area contributed by atoms with Crippen molar-refractivity contribution >= 4 is 5.91 Å². The van der Waals surface area contributed by atoms with Crippen LogP contribution in [0.3, 0.4) is 0 Å². The van der Waals surface area contributed by atoms with Gasteiger partial charge in [0.1, 0.15) is 0 Å². The molecule has 3 N–H and O–H groups in total. The van der Waals surface area contributed by atoms with Crippen LogP contribution in [0.2, 0.25) is 0 Å². The van der Waals surface area contributed by atoms with Crippen LogP contribution in [0.1, 0.15) is 52.4 Å². The molecule has 1 aliphatic rings. The third-order valence-electron chi connectivity index (χ3n) is 4.49. The molecular formula is C16H33N3O2. The van der Waals surface area contributed by atoms with E-state index < -0.39 is 0 Å². The van der Waals surface area contributed by atoms with Gasteiger partial charge in [0.2, 0.25) is 5.91 Å². The standard InChI is InChI=1S/C16H33N3O2/c1-4-10-19(11-15(20)18-14(2)12-21-3)16(13-17)8-6-5-7-9-16/h14H,4-13,17H2,1-3H3,(H,18,20). The number of amides is 1. The van der Waals surface area contributed by atoms with E-state index >= 15 is 0 Å². The second-order valence-electron chi connectivity index (χ2n) is 6.33. The van der Waals surface area contributed by atoms with Crippen molar-refractivity contribution in [2.24, 2.45) is 5.73 Å². The Bertz CT molecular complexity index is 304. The summed E-state index contributed by atoms with van der Waals surface area (Å²) in [5, 5.41) is 3.00. The molecule has 5 nitrogen and oxygen atoms in total. The third-order valence-corrected chi connectivity index (χ3v) is 4.49. The maximum Gasteiger partial charge on any atom is 0.234 e. The number of carbonyl (C=O) groups is 1. The normalized spacial score (nSPS) is 19.5. The van der Waals surface area contributed by atoms with Gasteiger partial charge in [-0.15, -0.1) is 0 Å². The van der Waals surface area contributed by atoms with Crippen molar-refractivity contribution in [2.75, 3.05) is 33.4 Å². The van der Waals surface area contributed by atoms with E-state index in [1.165, 1.54) is 19.3 Å². The molecule has 1 saturated carbocycles. The Morgan fingerprint density at radius 2 is 2.05 bits per heavy atom. The number of rotatable bonds is 9. The average molecular weight is 299 g/mol. The Hall–Kier alpha value is -0.650. The molecule has 0 aromatic carbocycles. The SMILES string of the molecule is CCCN(CC(=O)NC(C)COC)C1(CN)CCCCC1. The van der Waals surface area contributed by atoms with Crippen LogP contribution in [0.5, 0.6) is 0 Å². The zero-order chi connectivity index (χ0) is 15.7. The number of ether oxygens (including phenoxy) is 1. The van der Waals surface area contributed by atoms with Crippen LogP contribution in [0.4, 0.5) is 0 Å². The van der Waals surface area contributed by atoms with Crippen molar-refractivity contribution in [3.63, 3.8) is 0 Å². The Labute approximate surface area is 129 Å². The van der Waals surface area contributed by atoms with Gasteiger partial charge in [0.15, 0.2) is 0 Å². The molecule has 1 fully saturated rings. The van der Waals surface area contributed by atoms with E-state index in [-0.39, 0.29) is 17.5 Å². The fourth-order valence-electron chi connectivity index (χ4n) is 3.40. The lowest BCUT2D eigenvalue weighted by Gasteiger charge is -2.45. The van der Waals surface area contributed by atoms with E-state index in [0.717, 1.165) is 25.8 Å². The van der Waals surface area contributed by atoms with Gasteiger partial charge in [0, 0.05) is 25.2 Å². The van der Waals surface area contributed by atoms with Crippen LogP contribution in [0.25, 0.3) is 0 Å². The van der Waals surface area contributed by atoms with Gasteiger partial charge in [-0.05, 0) is 32.7 Å². The van der Waals surface area contributed by atoms with Crippen LogP contribution in [0.15, 0.2) is 0 Å². The fourth-order valence-corrected chi connectivity index (χ4v) is 3.40. The molecule has 0 radical (unpaired) electrons. The molecule has 0 bridgehead atoms. The number of hydrogen-bond donors (Lipinski definition) is 2. The monoisotopic (exact) mass is 299 g/mol. The van der Waals surface area contributed by atoms with Crippen molar-refractivity contribution in [3.05, 3.63) is 0 Å². The molecule has 0 aromatic rings. The van der Waals surface area contributed by atoms with Crippen LogP contribution < -0.4 is 11.1 Å². The zero-order valence-corrected chi connectivity index (χ0v) is 14.0. The van der Waals surface area contributed by atoms with E-state index in [1.807, 2.05) is 6.92 Å². The highest BCUT2D eigenvalue weighted by atomic mass is 16.5. The lowest BCUT2D eigenvalue weighted by molar-refractivity contribution is -0.125. The van der Waals surface area contributed by atoms with Gasteiger partial charge in [0.25, 0.3) is 0 Å². The molecule has 1 atom stereocenters. The molecule has 0 heterocycles. The molecule has 1 aliphatic carbocycles. The minimum atomic E-state index is 0.0239. The van der Waals surface area contributed by atoms with Gasteiger partial charge in [-0.3, -0.25) is 9.69 Å². The number of hydrogen-bond acceptors (Lipinski definition) is 4. The number of carbonyl (C=O) groups excluding carboxylic acids is 1. The summed E-state index contributed by atoms with van der Waals surface area (Å²) >= 11 is 0. The van der Waals surface area contributed by atoms with Gasteiger partial charge < -0.3 is 15.8 Å². The van der Waals surface area contributed by atoms with Crippen molar-refractivity contribution in [1.29, 1.82) is 0 Å². The lowest BCUT2D eigenvalue weighted by atomic mass is 9.80. The van der Waals surface area contributed by atoms with Crippen LogP contribution in [-0.2, 0) is 9.53 Å².